The van der Waals surface area contributed by atoms with Crippen LogP contribution < -0.4 is 4.90 Å². The number of hydrogen-bond donors (Lipinski definition) is 0. The molecule has 1 unspecified atom stereocenters. The quantitative estimate of drug-likeness (QED) is 0.576. The Morgan fingerprint density at radius 3 is 2.39 bits per heavy atom. The molecule has 2 aliphatic heterocycles. The van der Waals surface area contributed by atoms with Gasteiger partial charge in [0.15, 0.2) is 0 Å². The van der Waals surface area contributed by atoms with E-state index in [0.717, 1.165) is 16.9 Å². The summed E-state index contributed by atoms with van der Waals surface area (Å²) >= 11 is 0. The van der Waals surface area contributed by atoms with E-state index in [-0.39, 0.29) is 23.8 Å². The predicted molar refractivity (Wildman–Crippen MR) is 124 cm³/mol. The van der Waals surface area contributed by atoms with Gasteiger partial charge in [-0.25, -0.2) is 4.98 Å². The lowest BCUT2D eigenvalue weighted by Gasteiger charge is -2.35. The molecule has 5 rings (SSSR count). The smallest absolute Gasteiger partial charge is 0.261 e. The van der Waals surface area contributed by atoms with Crippen molar-refractivity contribution in [1.29, 1.82) is 0 Å². The van der Waals surface area contributed by atoms with Gasteiger partial charge in [0.25, 0.3) is 17.7 Å². The second-order valence-electron chi connectivity index (χ2n) is 8.49. The van der Waals surface area contributed by atoms with E-state index in [2.05, 4.69) is 9.88 Å². The number of aromatic nitrogens is 2. The maximum Gasteiger partial charge on any atom is 0.261 e. The third kappa shape index (κ3) is 3.61. The highest BCUT2D eigenvalue weighted by Gasteiger charge is 2.38. The molecular weight excluding hydrogens is 418 g/mol. The highest BCUT2D eigenvalue weighted by Crippen LogP contribution is 2.27. The minimum atomic E-state index is -0.321. The summed E-state index contributed by atoms with van der Waals surface area (Å²) in [4.78, 5) is 53.0. The molecule has 2 aromatic carbocycles. The lowest BCUT2D eigenvalue weighted by atomic mass is 10.0. The van der Waals surface area contributed by atoms with Gasteiger partial charge in [-0.15, -0.1) is 0 Å². The number of imide groups is 1. The first kappa shape index (κ1) is 21.1. The van der Waals surface area contributed by atoms with Gasteiger partial charge in [0.2, 0.25) is 0 Å². The molecule has 2 aliphatic rings. The Kier molecular flexibility index (Phi) is 5.28. The first-order valence-electron chi connectivity index (χ1n) is 11.3. The minimum Gasteiger partial charge on any atom is -0.352 e. The molecule has 1 fully saturated rings. The van der Waals surface area contributed by atoms with E-state index in [1.165, 1.54) is 4.90 Å². The Bertz CT molecular complexity index is 1270. The lowest BCUT2D eigenvalue weighted by Crippen LogP contribution is -2.49. The van der Waals surface area contributed by atoms with Crippen molar-refractivity contribution in [3.05, 3.63) is 65.4 Å². The van der Waals surface area contributed by atoms with Crippen LogP contribution in [0.2, 0.25) is 0 Å². The van der Waals surface area contributed by atoms with Gasteiger partial charge >= 0.3 is 0 Å². The molecule has 0 N–H and O–H groups in total. The average Bonchev–Trinajstić information content (AvgIpc) is 3.12. The fourth-order valence-electron chi connectivity index (χ4n) is 4.40. The number of benzene rings is 2. The van der Waals surface area contributed by atoms with Gasteiger partial charge in [-0.05, 0) is 43.7 Å². The molecule has 3 heterocycles. The number of amides is 3. The number of anilines is 1. The monoisotopic (exact) mass is 443 g/mol. The van der Waals surface area contributed by atoms with Crippen molar-refractivity contribution in [3.8, 4) is 0 Å². The molecular formula is C25H25N5O3. The fraction of sp³-hybridized carbons (Fsp3) is 0.320. The highest BCUT2D eigenvalue weighted by molar-refractivity contribution is 6.22. The number of carbonyl (C=O) groups is 3. The maximum atomic E-state index is 13.1. The standard InChI is InChI=1S/C25H25N5O3/c1-3-16(2)30-24(32)18-9-8-17(14-19(18)25(30)33)23(31)29-12-10-28(11-13-29)22-15-26-20-6-4-5-7-21(20)27-22/h4-9,14-16H,3,10-13H2,1-2H3. The number of fused-ring (bicyclic) bond motifs is 2. The largest absolute Gasteiger partial charge is 0.352 e. The normalized spacial score (nSPS) is 17.0. The summed E-state index contributed by atoms with van der Waals surface area (Å²) in [6, 6.07) is 12.4. The third-order valence-electron chi connectivity index (χ3n) is 6.52. The van der Waals surface area contributed by atoms with E-state index < -0.39 is 0 Å². The van der Waals surface area contributed by atoms with Crippen LogP contribution >= 0.6 is 0 Å². The molecule has 0 radical (unpaired) electrons. The number of nitrogens with zero attached hydrogens (tertiary/aromatic N) is 5. The van der Waals surface area contributed by atoms with E-state index in [4.69, 9.17) is 4.98 Å². The molecule has 8 heteroatoms. The van der Waals surface area contributed by atoms with Crippen molar-refractivity contribution in [3.63, 3.8) is 0 Å². The van der Waals surface area contributed by atoms with E-state index in [0.29, 0.717) is 49.3 Å². The molecule has 1 saturated heterocycles. The Labute approximate surface area is 191 Å². The molecule has 1 aromatic heterocycles. The average molecular weight is 444 g/mol. The molecule has 0 aliphatic carbocycles. The van der Waals surface area contributed by atoms with Gasteiger partial charge in [-0.1, -0.05) is 19.1 Å². The first-order chi connectivity index (χ1) is 16.0. The molecule has 8 nitrogen and oxygen atoms in total. The van der Waals surface area contributed by atoms with E-state index in [9.17, 15) is 14.4 Å². The molecule has 1 atom stereocenters. The van der Waals surface area contributed by atoms with Crippen LogP contribution in [-0.4, -0.2) is 69.7 Å². The van der Waals surface area contributed by atoms with E-state index in [1.807, 2.05) is 38.1 Å². The third-order valence-corrected chi connectivity index (χ3v) is 6.52. The second kappa shape index (κ2) is 8.27. The van der Waals surface area contributed by atoms with Gasteiger partial charge in [0, 0.05) is 37.8 Å². The molecule has 0 bridgehead atoms. The summed E-state index contributed by atoms with van der Waals surface area (Å²) in [5.74, 6) is 0.0593. The van der Waals surface area contributed by atoms with E-state index >= 15 is 0 Å². The van der Waals surface area contributed by atoms with Crippen LogP contribution in [0.5, 0.6) is 0 Å². The van der Waals surface area contributed by atoms with Gasteiger partial charge in [-0.2, -0.15) is 0 Å². The topological polar surface area (TPSA) is 86.7 Å². The Morgan fingerprint density at radius 1 is 0.970 bits per heavy atom. The van der Waals surface area contributed by atoms with Crippen LogP contribution in [0.4, 0.5) is 5.82 Å². The van der Waals surface area contributed by atoms with Crippen LogP contribution in [0.3, 0.4) is 0 Å². The number of hydrogen-bond acceptors (Lipinski definition) is 6. The summed E-state index contributed by atoms with van der Waals surface area (Å²) in [5, 5.41) is 0. The number of piperazine rings is 1. The summed E-state index contributed by atoms with van der Waals surface area (Å²) in [5.41, 5.74) is 2.82. The van der Waals surface area contributed by atoms with Crippen molar-refractivity contribution in [2.75, 3.05) is 31.1 Å². The summed E-state index contributed by atoms with van der Waals surface area (Å²) in [6.07, 6.45) is 2.45. The zero-order chi connectivity index (χ0) is 23.1. The zero-order valence-corrected chi connectivity index (χ0v) is 18.7. The van der Waals surface area contributed by atoms with Crippen LogP contribution in [0.25, 0.3) is 11.0 Å². The van der Waals surface area contributed by atoms with Crippen molar-refractivity contribution in [1.82, 2.24) is 19.8 Å². The van der Waals surface area contributed by atoms with Crippen LogP contribution in [0.15, 0.2) is 48.7 Å². The lowest BCUT2D eigenvalue weighted by molar-refractivity contribution is 0.0593. The maximum absolute atomic E-state index is 13.1. The zero-order valence-electron chi connectivity index (χ0n) is 18.7. The van der Waals surface area contributed by atoms with Crippen molar-refractivity contribution >= 4 is 34.6 Å². The summed E-state index contributed by atoms with van der Waals surface area (Å²) < 4.78 is 0. The van der Waals surface area contributed by atoms with Gasteiger partial charge in [-0.3, -0.25) is 24.3 Å². The number of carbonyl (C=O) groups excluding carboxylic acids is 3. The second-order valence-corrected chi connectivity index (χ2v) is 8.49. The van der Waals surface area contributed by atoms with Gasteiger partial charge < -0.3 is 9.80 Å². The fourth-order valence-corrected chi connectivity index (χ4v) is 4.40. The molecule has 168 valence electrons. The molecule has 3 amide bonds. The first-order valence-corrected chi connectivity index (χ1v) is 11.3. The van der Waals surface area contributed by atoms with Crippen LogP contribution in [-0.2, 0) is 0 Å². The highest BCUT2D eigenvalue weighted by atomic mass is 16.2. The molecule has 3 aromatic rings. The Hall–Kier alpha value is -3.81. The SMILES string of the molecule is CCC(C)N1C(=O)c2ccc(C(=O)N3CCN(c4cnc5ccccc5n4)CC3)cc2C1=O. The van der Waals surface area contributed by atoms with E-state index in [1.54, 1.807) is 29.3 Å². The summed E-state index contributed by atoms with van der Waals surface area (Å²) in [6.45, 7) is 6.15. The van der Waals surface area contributed by atoms with Gasteiger partial charge in [0.05, 0.1) is 28.4 Å². The van der Waals surface area contributed by atoms with Crippen LogP contribution in [0, 0.1) is 0 Å². The minimum absolute atomic E-state index is 0.135. The van der Waals surface area contributed by atoms with Crippen molar-refractivity contribution < 1.29 is 14.4 Å². The Balaban J connectivity index is 1.29. The Morgan fingerprint density at radius 2 is 1.67 bits per heavy atom. The number of rotatable bonds is 4. The molecule has 0 saturated carbocycles. The van der Waals surface area contributed by atoms with Crippen LogP contribution in [0.1, 0.15) is 51.3 Å². The van der Waals surface area contributed by atoms with Crippen molar-refractivity contribution in [2.24, 2.45) is 0 Å². The molecule has 0 spiro atoms. The predicted octanol–water partition coefficient (Wildman–Crippen LogP) is 2.99. The number of para-hydroxylation sites is 2. The van der Waals surface area contributed by atoms with Crippen molar-refractivity contribution in [2.45, 2.75) is 26.3 Å². The molecule has 33 heavy (non-hydrogen) atoms. The van der Waals surface area contributed by atoms with Gasteiger partial charge in [0.1, 0.15) is 5.82 Å². The summed E-state index contributed by atoms with van der Waals surface area (Å²) in [7, 11) is 0.